The Morgan fingerprint density at radius 2 is 2.05 bits per heavy atom. The minimum absolute atomic E-state index is 0.0323. The molecule has 2 aliphatic heterocycles. The van der Waals surface area contributed by atoms with Gasteiger partial charge >= 0.3 is 0 Å². The number of fused-ring (bicyclic) bond motifs is 1. The van der Waals surface area contributed by atoms with Gasteiger partial charge in [-0.25, -0.2) is 27.8 Å². The lowest BCUT2D eigenvalue weighted by Crippen LogP contribution is -2.51. The van der Waals surface area contributed by atoms with E-state index >= 15 is 4.39 Å². The number of hydrogen-bond acceptors (Lipinski definition) is 7. The van der Waals surface area contributed by atoms with Crippen molar-refractivity contribution in [2.45, 2.75) is 56.0 Å². The van der Waals surface area contributed by atoms with Gasteiger partial charge in [0.15, 0.2) is 5.15 Å². The van der Waals surface area contributed by atoms with Gasteiger partial charge in [-0.3, -0.25) is 4.90 Å². The zero-order chi connectivity index (χ0) is 25.9. The van der Waals surface area contributed by atoms with Crippen LogP contribution in [0, 0.1) is 6.92 Å². The van der Waals surface area contributed by atoms with Crippen molar-refractivity contribution in [2.24, 2.45) is 0 Å². The molecule has 2 saturated heterocycles. The lowest BCUT2D eigenvalue weighted by Gasteiger charge is -2.39. The van der Waals surface area contributed by atoms with Gasteiger partial charge in [-0.1, -0.05) is 11.6 Å². The average Bonchev–Trinajstić information content (AvgIpc) is 3.19. The maximum Gasteiger partial charge on any atom is 0.272 e. The first-order valence-corrected chi connectivity index (χ1v) is 12.8. The van der Waals surface area contributed by atoms with E-state index in [4.69, 9.17) is 21.1 Å². The number of rotatable bonds is 6. The van der Waals surface area contributed by atoms with E-state index in [1.54, 1.807) is 13.3 Å². The zero-order valence-corrected chi connectivity index (χ0v) is 21.3. The molecule has 1 aromatic carbocycles. The molecule has 1 saturated carbocycles. The summed E-state index contributed by atoms with van der Waals surface area (Å²) >= 11 is 6.28. The maximum atomic E-state index is 15.5. The summed E-state index contributed by atoms with van der Waals surface area (Å²) in [6.45, 7) is 4.17. The van der Waals surface area contributed by atoms with Crippen molar-refractivity contribution in [3.63, 3.8) is 0 Å². The Morgan fingerprint density at radius 1 is 1.24 bits per heavy atom. The lowest BCUT2D eigenvalue weighted by atomic mass is 9.84. The predicted octanol–water partition coefficient (Wildman–Crippen LogP) is 4.65. The SMILES string of the molecule is CO[C@@H]1COC[C@@H]1N1CC[C@@H](c2cc3nc(Nc4cnn(C5CC5(F)F)c4Cl)ncc3cc2C)[C@H](F)C1. The number of aromatic nitrogens is 4. The summed E-state index contributed by atoms with van der Waals surface area (Å²) in [6, 6.07) is 2.95. The van der Waals surface area contributed by atoms with Gasteiger partial charge in [-0.2, -0.15) is 5.10 Å². The van der Waals surface area contributed by atoms with E-state index in [1.165, 1.54) is 6.20 Å². The van der Waals surface area contributed by atoms with Gasteiger partial charge in [-0.15, -0.1) is 0 Å². The van der Waals surface area contributed by atoms with Crippen LogP contribution in [0.5, 0.6) is 0 Å². The molecule has 3 fully saturated rings. The molecule has 12 heteroatoms. The van der Waals surface area contributed by atoms with Crippen molar-refractivity contribution < 1.29 is 22.6 Å². The van der Waals surface area contributed by atoms with Crippen LogP contribution in [0.25, 0.3) is 10.9 Å². The largest absolute Gasteiger partial charge is 0.377 e. The molecule has 3 aliphatic rings. The van der Waals surface area contributed by atoms with Crippen molar-refractivity contribution in [2.75, 3.05) is 38.7 Å². The van der Waals surface area contributed by atoms with E-state index in [0.717, 1.165) is 27.7 Å². The van der Waals surface area contributed by atoms with Gasteiger partial charge in [0.05, 0.1) is 42.8 Å². The monoisotopic (exact) mass is 536 g/mol. The number of piperidine rings is 1. The third kappa shape index (κ3) is 4.56. The molecule has 4 heterocycles. The van der Waals surface area contributed by atoms with Crippen LogP contribution in [0.15, 0.2) is 24.5 Å². The van der Waals surface area contributed by atoms with Crippen molar-refractivity contribution in [1.82, 2.24) is 24.6 Å². The van der Waals surface area contributed by atoms with E-state index in [1.807, 2.05) is 19.1 Å². The Morgan fingerprint density at radius 3 is 2.78 bits per heavy atom. The van der Waals surface area contributed by atoms with E-state index in [-0.39, 0.29) is 35.6 Å². The Kier molecular flexibility index (Phi) is 6.29. The first-order valence-electron chi connectivity index (χ1n) is 12.4. The van der Waals surface area contributed by atoms with E-state index in [2.05, 4.69) is 25.3 Å². The predicted molar refractivity (Wildman–Crippen MR) is 133 cm³/mol. The normalized spacial score (nSPS) is 29.6. The minimum Gasteiger partial charge on any atom is -0.377 e. The summed E-state index contributed by atoms with van der Waals surface area (Å²) in [4.78, 5) is 11.1. The number of ether oxygens (including phenoxy) is 2. The molecule has 37 heavy (non-hydrogen) atoms. The van der Waals surface area contributed by atoms with E-state index in [9.17, 15) is 8.78 Å². The van der Waals surface area contributed by atoms with Crippen LogP contribution < -0.4 is 5.32 Å². The second-order valence-corrected chi connectivity index (χ2v) is 10.5. The van der Waals surface area contributed by atoms with Crippen LogP contribution in [0.2, 0.25) is 5.15 Å². The fraction of sp³-hybridized carbons (Fsp3) is 0.560. The molecule has 8 nitrogen and oxygen atoms in total. The molecule has 0 radical (unpaired) electrons. The standard InChI is InChI=1S/C25H28ClF3N6O2/c1-13-5-14-8-30-24(33-19-9-31-35(23(19)26)22-7-25(22,28)29)32-18(14)6-16(13)15-3-4-34(10-17(15)27)20-11-37-12-21(20)36-2/h5-6,8-9,15,17,20-22H,3-4,7,10-12H2,1-2H3,(H,30,32,33)/t15-,17+,20-,21+,22?/m0/s1. The smallest absolute Gasteiger partial charge is 0.272 e. The number of halogens is 4. The van der Waals surface area contributed by atoms with Crippen LogP contribution in [0.1, 0.15) is 35.9 Å². The van der Waals surface area contributed by atoms with Crippen molar-refractivity contribution in [3.8, 4) is 0 Å². The second kappa shape index (κ2) is 9.37. The Bertz CT molecular complexity index is 1320. The fourth-order valence-electron chi connectivity index (χ4n) is 5.57. The first-order chi connectivity index (χ1) is 17.7. The summed E-state index contributed by atoms with van der Waals surface area (Å²) in [5.41, 5.74) is 2.93. The highest BCUT2D eigenvalue weighted by Gasteiger charge is 2.59. The minimum atomic E-state index is -2.79. The molecule has 198 valence electrons. The highest BCUT2D eigenvalue weighted by atomic mass is 35.5. The molecule has 5 atom stereocenters. The third-order valence-corrected chi connectivity index (χ3v) is 8.16. The Hall–Kier alpha value is -2.47. The molecular weight excluding hydrogens is 509 g/mol. The fourth-order valence-corrected chi connectivity index (χ4v) is 5.83. The third-order valence-electron chi connectivity index (χ3n) is 7.78. The number of alkyl halides is 3. The summed E-state index contributed by atoms with van der Waals surface area (Å²) in [6.07, 6.45) is 2.39. The summed E-state index contributed by atoms with van der Waals surface area (Å²) in [5.74, 6) is -2.78. The van der Waals surface area contributed by atoms with Gasteiger partial charge in [-0.05, 0) is 43.1 Å². The molecule has 1 aliphatic carbocycles. The molecule has 3 aromatic rings. The van der Waals surface area contributed by atoms with Gasteiger partial charge in [0.25, 0.3) is 5.92 Å². The summed E-state index contributed by atoms with van der Waals surface area (Å²) in [5, 5.41) is 7.87. The van der Waals surface area contributed by atoms with Crippen molar-refractivity contribution in [3.05, 3.63) is 40.8 Å². The molecule has 0 spiro atoms. The Balaban J connectivity index is 1.21. The number of anilines is 2. The van der Waals surface area contributed by atoms with Gasteiger partial charge in [0.1, 0.15) is 12.2 Å². The number of nitrogens with zero attached hydrogens (tertiary/aromatic N) is 5. The van der Waals surface area contributed by atoms with Crippen LogP contribution in [-0.4, -0.2) is 82.3 Å². The second-order valence-electron chi connectivity index (χ2n) is 10.1. The van der Waals surface area contributed by atoms with Crippen LogP contribution in [0.3, 0.4) is 0 Å². The number of likely N-dealkylation sites (tertiary alicyclic amines) is 1. The lowest BCUT2D eigenvalue weighted by molar-refractivity contribution is 0.0132. The number of nitrogens with one attached hydrogen (secondary N) is 1. The van der Waals surface area contributed by atoms with E-state index < -0.39 is 18.1 Å². The zero-order valence-electron chi connectivity index (χ0n) is 20.5. The highest BCUT2D eigenvalue weighted by molar-refractivity contribution is 6.32. The molecule has 6 rings (SSSR count). The van der Waals surface area contributed by atoms with Gasteiger partial charge in [0.2, 0.25) is 5.95 Å². The number of aryl methyl sites for hydroxylation is 1. The number of hydrogen-bond donors (Lipinski definition) is 1. The average molecular weight is 537 g/mol. The number of benzene rings is 1. The van der Waals surface area contributed by atoms with Gasteiger partial charge in [0, 0.05) is 37.6 Å². The molecule has 1 unspecified atom stereocenters. The number of methoxy groups -OCH3 is 1. The molecule has 0 bridgehead atoms. The topological polar surface area (TPSA) is 77.3 Å². The molecule has 0 amide bonds. The molecule has 1 N–H and O–H groups in total. The first kappa shape index (κ1) is 24.8. The van der Waals surface area contributed by atoms with Crippen LogP contribution in [0.4, 0.5) is 24.8 Å². The molecule has 2 aromatic heterocycles. The molecular formula is C25H28ClF3N6O2. The maximum absolute atomic E-state index is 15.5. The van der Waals surface area contributed by atoms with Gasteiger partial charge < -0.3 is 14.8 Å². The van der Waals surface area contributed by atoms with Crippen molar-refractivity contribution in [1.29, 1.82) is 0 Å². The summed E-state index contributed by atoms with van der Waals surface area (Å²) < 4.78 is 54.6. The summed E-state index contributed by atoms with van der Waals surface area (Å²) in [7, 11) is 1.67. The van der Waals surface area contributed by atoms with Crippen LogP contribution >= 0.6 is 11.6 Å². The highest BCUT2D eigenvalue weighted by Crippen LogP contribution is 2.53. The Labute approximate surface area is 217 Å². The van der Waals surface area contributed by atoms with Crippen molar-refractivity contribution >= 4 is 34.1 Å². The van der Waals surface area contributed by atoms with Crippen LogP contribution in [-0.2, 0) is 9.47 Å². The quantitative estimate of drug-likeness (QED) is 0.491. The van der Waals surface area contributed by atoms with E-state index in [0.29, 0.717) is 37.4 Å².